The van der Waals surface area contributed by atoms with Gasteiger partial charge in [-0.1, -0.05) is 6.92 Å². The smallest absolute Gasteiger partial charge is 0.357 e. The topological polar surface area (TPSA) is 73.9 Å². The first-order chi connectivity index (χ1) is 8.74. The molecule has 0 aromatic heterocycles. The Morgan fingerprint density at radius 3 is 2.47 bits per heavy atom. The number of hydrogen-bond donors (Lipinski definition) is 1. The molecule has 0 saturated heterocycles. The summed E-state index contributed by atoms with van der Waals surface area (Å²) in [6.07, 6.45) is 1.77. The Balaban J connectivity index is 2.86. The standard InChI is InChI=1S/C13H21NO5/c1-6-13(11(16)17-7-2)8-9(14-19-13)10(15)18-12(3,4)5/h8,14H,6-7H2,1-5H3. The summed E-state index contributed by atoms with van der Waals surface area (Å²) in [5.74, 6) is -1.09. The number of esters is 2. The minimum Gasteiger partial charge on any atom is -0.464 e. The second kappa shape index (κ2) is 5.61. The highest BCUT2D eigenvalue weighted by atomic mass is 16.7. The Morgan fingerprint density at radius 2 is 2.00 bits per heavy atom. The fourth-order valence-electron chi connectivity index (χ4n) is 1.54. The number of nitrogens with one attached hydrogen (secondary N) is 1. The summed E-state index contributed by atoms with van der Waals surface area (Å²) < 4.78 is 10.1. The van der Waals surface area contributed by atoms with Crippen LogP contribution < -0.4 is 5.48 Å². The van der Waals surface area contributed by atoms with Crippen LogP contribution in [0.15, 0.2) is 11.8 Å². The van der Waals surface area contributed by atoms with Gasteiger partial charge >= 0.3 is 11.9 Å². The van der Waals surface area contributed by atoms with Gasteiger partial charge < -0.3 is 9.47 Å². The van der Waals surface area contributed by atoms with E-state index in [4.69, 9.17) is 14.3 Å². The maximum absolute atomic E-state index is 11.9. The van der Waals surface area contributed by atoms with Crippen LogP contribution in [-0.4, -0.2) is 29.7 Å². The van der Waals surface area contributed by atoms with Crippen molar-refractivity contribution < 1.29 is 23.9 Å². The SMILES string of the molecule is CCOC(=O)C1(CC)C=C(C(=O)OC(C)(C)C)NO1. The molecule has 1 unspecified atom stereocenters. The van der Waals surface area contributed by atoms with Crippen molar-refractivity contribution in [2.75, 3.05) is 6.61 Å². The second-order valence-electron chi connectivity index (χ2n) is 5.23. The molecule has 0 saturated carbocycles. The van der Waals surface area contributed by atoms with Crippen LogP contribution in [0.3, 0.4) is 0 Å². The van der Waals surface area contributed by atoms with Crippen molar-refractivity contribution >= 4 is 11.9 Å². The first kappa shape index (κ1) is 15.5. The van der Waals surface area contributed by atoms with Crippen molar-refractivity contribution in [3.63, 3.8) is 0 Å². The minimum absolute atomic E-state index is 0.116. The predicted octanol–water partition coefficient (Wildman–Crippen LogP) is 1.46. The number of carbonyl (C=O) groups is 2. The zero-order valence-electron chi connectivity index (χ0n) is 12.0. The molecule has 0 aromatic carbocycles. The zero-order valence-corrected chi connectivity index (χ0v) is 12.0. The van der Waals surface area contributed by atoms with Crippen molar-refractivity contribution in [1.29, 1.82) is 0 Å². The van der Waals surface area contributed by atoms with E-state index in [1.165, 1.54) is 6.08 Å². The van der Waals surface area contributed by atoms with Crippen molar-refractivity contribution in [2.24, 2.45) is 0 Å². The molecular weight excluding hydrogens is 250 g/mol. The minimum atomic E-state index is -1.26. The fourth-order valence-corrected chi connectivity index (χ4v) is 1.54. The molecule has 1 rings (SSSR count). The summed E-state index contributed by atoms with van der Waals surface area (Å²) in [4.78, 5) is 29.0. The van der Waals surface area contributed by atoms with Crippen LogP contribution in [0.2, 0.25) is 0 Å². The first-order valence-corrected chi connectivity index (χ1v) is 6.31. The summed E-state index contributed by atoms with van der Waals surface area (Å²) in [5, 5.41) is 0. The van der Waals surface area contributed by atoms with E-state index in [-0.39, 0.29) is 12.3 Å². The van der Waals surface area contributed by atoms with Crippen LogP contribution in [0.1, 0.15) is 41.0 Å². The fraction of sp³-hybridized carbons (Fsp3) is 0.692. The lowest BCUT2D eigenvalue weighted by molar-refractivity contribution is -0.170. The molecule has 1 atom stereocenters. The first-order valence-electron chi connectivity index (χ1n) is 6.31. The van der Waals surface area contributed by atoms with Gasteiger partial charge in [-0.2, -0.15) is 0 Å². The monoisotopic (exact) mass is 271 g/mol. The lowest BCUT2D eigenvalue weighted by atomic mass is 10.0. The van der Waals surface area contributed by atoms with E-state index >= 15 is 0 Å². The van der Waals surface area contributed by atoms with Gasteiger partial charge in [-0.25, -0.2) is 9.59 Å². The molecule has 0 radical (unpaired) electrons. The third-order valence-corrected chi connectivity index (χ3v) is 2.49. The van der Waals surface area contributed by atoms with Crippen LogP contribution >= 0.6 is 0 Å². The normalized spacial score (nSPS) is 22.5. The van der Waals surface area contributed by atoms with Gasteiger partial charge in [-0.3, -0.25) is 10.3 Å². The molecule has 6 heteroatoms. The van der Waals surface area contributed by atoms with E-state index in [2.05, 4.69) is 5.48 Å². The summed E-state index contributed by atoms with van der Waals surface area (Å²) in [7, 11) is 0. The molecule has 1 heterocycles. The summed E-state index contributed by atoms with van der Waals surface area (Å²) in [6, 6.07) is 0. The predicted molar refractivity (Wildman–Crippen MR) is 67.8 cm³/mol. The molecule has 1 N–H and O–H groups in total. The Morgan fingerprint density at radius 1 is 1.37 bits per heavy atom. The Hall–Kier alpha value is -1.56. The average molecular weight is 271 g/mol. The molecule has 1 aliphatic rings. The summed E-state index contributed by atoms with van der Waals surface area (Å²) in [6.45, 7) is 9.02. The lowest BCUT2D eigenvalue weighted by Gasteiger charge is -2.20. The van der Waals surface area contributed by atoms with Gasteiger partial charge in [-0.05, 0) is 40.2 Å². The van der Waals surface area contributed by atoms with E-state index < -0.39 is 23.1 Å². The molecule has 0 spiro atoms. The molecule has 0 aromatic rings. The molecule has 0 fully saturated rings. The quantitative estimate of drug-likeness (QED) is 0.780. The highest BCUT2D eigenvalue weighted by Crippen LogP contribution is 2.26. The van der Waals surface area contributed by atoms with Crippen molar-refractivity contribution in [1.82, 2.24) is 5.48 Å². The van der Waals surface area contributed by atoms with Crippen molar-refractivity contribution in [3.8, 4) is 0 Å². The third kappa shape index (κ3) is 3.70. The molecule has 6 nitrogen and oxygen atoms in total. The van der Waals surface area contributed by atoms with Crippen LogP contribution in [0.4, 0.5) is 0 Å². The van der Waals surface area contributed by atoms with Gasteiger partial charge in [0.05, 0.1) is 6.61 Å². The average Bonchev–Trinajstić information content (AvgIpc) is 2.72. The van der Waals surface area contributed by atoms with Gasteiger partial charge in [0.1, 0.15) is 11.3 Å². The summed E-state index contributed by atoms with van der Waals surface area (Å²) >= 11 is 0. The van der Waals surface area contributed by atoms with Gasteiger partial charge in [0, 0.05) is 0 Å². The largest absolute Gasteiger partial charge is 0.464 e. The van der Waals surface area contributed by atoms with Crippen molar-refractivity contribution in [3.05, 3.63) is 11.8 Å². The number of hydrogen-bond acceptors (Lipinski definition) is 6. The van der Waals surface area contributed by atoms with Gasteiger partial charge in [-0.15, -0.1) is 0 Å². The van der Waals surface area contributed by atoms with Gasteiger partial charge in [0.15, 0.2) is 0 Å². The Labute approximate surface area is 113 Å². The van der Waals surface area contributed by atoms with Gasteiger partial charge in [0.25, 0.3) is 0 Å². The Bertz CT molecular complexity index is 396. The molecule has 0 bridgehead atoms. The molecule has 19 heavy (non-hydrogen) atoms. The highest BCUT2D eigenvalue weighted by molar-refractivity contribution is 5.92. The number of rotatable bonds is 4. The molecular formula is C13H21NO5. The zero-order chi connectivity index (χ0) is 14.7. The number of ether oxygens (including phenoxy) is 2. The van der Waals surface area contributed by atoms with E-state index in [1.54, 1.807) is 34.6 Å². The summed E-state index contributed by atoms with van der Waals surface area (Å²) in [5.41, 5.74) is 0.690. The van der Waals surface area contributed by atoms with Crippen molar-refractivity contribution in [2.45, 2.75) is 52.2 Å². The highest BCUT2D eigenvalue weighted by Gasteiger charge is 2.44. The molecule has 1 aliphatic heterocycles. The number of carbonyl (C=O) groups excluding carboxylic acids is 2. The van der Waals surface area contributed by atoms with E-state index in [9.17, 15) is 9.59 Å². The maximum atomic E-state index is 11.9. The van der Waals surface area contributed by atoms with Crippen LogP contribution in [0, 0.1) is 0 Å². The van der Waals surface area contributed by atoms with Crippen LogP contribution in [0.5, 0.6) is 0 Å². The maximum Gasteiger partial charge on any atom is 0.357 e. The second-order valence-corrected chi connectivity index (χ2v) is 5.23. The molecule has 0 amide bonds. The Kier molecular flexibility index (Phi) is 4.57. The van der Waals surface area contributed by atoms with E-state index in [1.807, 2.05) is 0 Å². The molecule has 108 valence electrons. The van der Waals surface area contributed by atoms with E-state index in [0.29, 0.717) is 6.42 Å². The molecule has 0 aliphatic carbocycles. The number of hydroxylamine groups is 1. The van der Waals surface area contributed by atoms with E-state index in [0.717, 1.165) is 0 Å². The van der Waals surface area contributed by atoms with Crippen LogP contribution in [-0.2, 0) is 23.9 Å². The van der Waals surface area contributed by atoms with Gasteiger partial charge in [0.2, 0.25) is 5.60 Å². The third-order valence-electron chi connectivity index (χ3n) is 2.49. The van der Waals surface area contributed by atoms with Crippen LogP contribution in [0.25, 0.3) is 0 Å². The lowest BCUT2D eigenvalue weighted by Crippen LogP contribution is -2.40.